The Hall–Kier alpha value is -1.39. The van der Waals surface area contributed by atoms with Crippen LogP contribution >= 0.6 is 11.6 Å². The maximum absolute atomic E-state index is 6.29. The third-order valence-corrected chi connectivity index (χ3v) is 3.56. The predicted molar refractivity (Wildman–Crippen MR) is 77.5 cm³/mol. The zero-order valence-electron chi connectivity index (χ0n) is 11.7. The summed E-state index contributed by atoms with van der Waals surface area (Å²) in [5, 5.41) is 8.29. The van der Waals surface area contributed by atoms with Gasteiger partial charge in [0, 0.05) is 17.9 Å². The molecule has 2 heterocycles. The first kappa shape index (κ1) is 14.0. The number of nitrogens with zero attached hydrogens (tertiary/aromatic N) is 3. The van der Waals surface area contributed by atoms with Gasteiger partial charge in [-0.05, 0) is 39.4 Å². The number of aryl methyl sites for hydroxylation is 3. The highest BCUT2D eigenvalue weighted by Crippen LogP contribution is 2.29. The Morgan fingerprint density at radius 3 is 2.68 bits per heavy atom. The van der Waals surface area contributed by atoms with Gasteiger partial charge in [-0.25, -0.2) is 0 Å². The average molecular weight is 279 g/mol. The fourth-order valence-corrected chi connectivity index (χ4v) is 2.60. The highest BCUT2D eigenvalue weighted by molar-refractivity contribution is 6.31. The van der Waals surface area contributed by atoms with Crippen molar-refractivity contribution in [3.63, 3.8) is 0 Å². The largest absolute Gasteiger partial charge is 0.308 e. The summed E-state index contributed by atoms with van der Waals surface area (Å²) in [5.74, 6) is 0. The monoisotopic (exact) mass is 278 g/mol. The molecule has 0 aliphatic heterocycles. The van der Waals surface area contributed by atoms with E-state index in [9.17, 15) is 0 Å². The Morgan fingerprint density at radius 2 is 2.11 bits per heavy atom. The van der Waals surface area contributed by atoms with E-state index in [2.05, 4.69) is 28.4 Å². The molecule has 2 rings (SSSR count). The van der Waals surface area contributed by atoms with E-state index in [1.165, 1.54) is 0 Å². The molecule has 0 aliphatic carbocycles. The number of aromatic nitrogens is 3. The van der Waals surface area contributed by atoms with Gasteiger partial charge in [-0.1, -0.05) is 17.7 Å². The number of rotatable bonds is 4. The molecule has 0 saturated heterocycles. The van der Waals surface area contributed by atoms with Gasteiger partial charge in [-0.15, -0.1) is 0 Å². The van der Waals surface area contributed by atoms with Gasteiger partial charge >= 0.3 is 0 Å². The highest BCUT2D eigenvalue weighted by atomic mass is 35.5. The van der Waals surface area contributed by atoms with Crippen LogP contribution in [0.2, 0.25) is 5.02 Å². The van der Waals surface area contributed by atoms with E-state index in [-0.39, 0.29) is 6.04 Å². The first-order valence-corrected chi connectivity index (χ1v) is 6.78. The first-order chi connectivity index (χ1) is 9.08. The molecule has 0 saturated carbocycles. The Balaban J connectivity index is 2.52. The molecule has 1 atom stereocenters. The molecule has 0 spiro atoms. The van der Waals surface area contributed by atoms with Gasteiger partial charge in [0.15, 0.2) is 0 Å². The third-order valence-electron chi connectivity index (χ3n) is 3.27. The lowest BCUT2D eigenvalue weighted by molar-refractivity contribution is 0.560. The molecule has 1 N–H and O–H groups in total. The molecule has 5 heteroatoms. The van der Waals surface area contributed by atoms with Crippen molar-refractivity contribution in [1.82, 2.24) is 20.1 Å². The Labute approximate surface area is 118 Å². The Bertz CT molecular complexity index is 577. The fraction of sp³-hybridized carbons (Fsp3) is 0.429. The summed E-state index contributed by atoms with van der Waals surface area (Å²) in [6.07, 6.45) is 1.70. The van der Waals surface area contributed by atoms with Gasteiger partial charge in [-0.2, -0.15) is 5.10 Å². The average Bonchev–Trinajstić information content (AvgIpc) is 2.74. The van der Waals surface area contributed by atoms with Crippen LogP contribution in [0.25, 0.3) is 0 Å². The minimum Gasteiger partial charge on any atom is -0.308 e. The summed E-state index contributed by atoms with van der Waals surface area (Å²) in [7, 11) is 1.92. The molecule has 0 amide bonds. The smallest absolute Gasteiger partial charge is 0.0837 e. The summed E-state index contributed by atoms with van der Waals surface area (Å²) in [6, 6.07) is 4.12. The van der Waals surface area contributed by atoms with Gasteiger partial charge in [-0.3, -0.25) is 9.67 Å². The zero-order chi connectivity index (χ0) is 14.0. The van der Waals surface area contributed by atoms with Crippen LogP contribution in [-0.2, 0) is 6.54 Å². The summed E-state index contributed by atoms with van der Waals surface area (Å²) in [4.78, 5) is 4.52. The molecule has 2 aromatic rings. The van der Waals surface area contributed by atoms with Gasteiger partial charge < -0.3 is 5.32 Å². The van der Waals surface area contributed by atoms with Crippen LogP contribution in [-0.4, -0.2) is 21.8 Å². The second kappa shape index (κ2) is 5.72. The molecule has 0 radical (unpaired) electrons. The van der Waals surface area contributed by atoms with E-state index in [4.69, 9.17) is 11.6 Å². The van der Waals surface area contributed by atoms with E-state index in [0.717, 1.165) is 29.2 Å². The molecule has 0 aliphatic rings. The Morgan fingerprint density at radius 1 is 1.37 bits per heavy atom. The summed E-state index contributed by atoms with van der Waals surface area (Å²) in [6.45, 7) is 6.86. The van der Waals surface area contributed by atoms with Crippen molar-refractivity contribution in [3.05, 3.63) is 46.0 Å². The van der Waals surface area contributed by atoms with Crippen molar-refractivity contribution in [2.24, 2.45) is 0 Å². The molecule has 2 aromatic heterocycles. The summed E-state index contributed by atoms with van der Waals surface area (Å²) < 4.78 is 1.92. The van der Waals surface area contributed by atoms with E-state index < -0.39 is 0 Å². The molecule has 19 heavy (non-hydrogen) atoms. The second-order valence-electron chi connectivity index (χ2n) is 4.54. The summed E-state index contributed by atoms with van der Waals surface area (Å²) >= 11 is 6.29. The van der Waals surface area contributed by atoms with Crippen LogP contribution < -0.4 is 5.32 Å². The highest BCUT2D eigenvalue weighted by Gasteiger charge is 2.22. The van der Waals surface area contributed by atoms with Crippen LogP contribution in [0.4, 0.5) is 0 Å². The normalized spacial score (nSPS) is 12.7. The van der Waals surface area contributed by atoms with Crippen LogP contribution in [0.5, 0.6) is 0 Å². The lowest BCUT2D eigenvalue weighted by atomic mass is 10.0. The zero-order valence-corrected chi connectivity index (χ0v) is 12.5. The van der Waals surface area contributed by atoms with E-state index in [1.54, 1.807) is 6.20 Å². The number of nitrogens with one attached hydrogen (secondary N) is 1. The lowest BCUT2D eigenvalue weighted by Crippen LogP contribution is -2.23. The number of hydrogen-bond acceptors (Lipinski definition) is 3. The van der Waals surface area contributed by atoms with Crippen LogP contribution in [0.15, 0.2) is 18.3 Å². The van der Waals surface area contributed by atoms with Crippen molar-refractivity contribution in [3.8, 4) is 0 Å². The molecular formula is C14H19ClN4. The van der Waals surface area contributed by atoms with Gasteiger partial charge in [0.2, 0.25) is 0 Å². The van der Waals surface area contributed by atoms with Crippen molar-refractivity contribution >= 4 is 11.6 Å². The van der Waals surface area contributed by atoms with Crippen LogP contribution in [0, 0.1) is 13.8 Å². The van der Waals surface area contributed by atoms with Crippen molar-refractivity contribution < 1.29 is 0 Å². The van der Waals surface area contributed by atoms with Crippen LogP contribution in [0.1, 0.15) is 35.6 Å². The Kier molecular flexibility index (Phi) is 4.22. The van der Waals surface area contributed by atoms with Gasteiger partial charge in [0.1, 0.15) is 0 Å². The molecule has 4 nitrogen and oxygen atoms in total. The molecular weight excluding hydrogens is 260 g/mol. The molecule has 102 valence electrons. The predicted octanol–water partition coefficient (Wildman–Crippen LogP) is 2.88. The standard InChI is InChI=1S/C14H19ClN4/c1-5-19-14(12(15)8-17-19)13(16-4)11-7-6-9(2)18-10(11)3/h6-8,13,16H,5H2,1-4H3. The SMILES string of the molecule is CCn1ncc(Cl)c1C(NC)c1ccc(C)nc1C. The minimum absolute atomic E-state index is 0.00282. The van der Waals surface area contributed by atoms with Crippen LogP contribution in [0.3, 0.4) is 0 Å². The minimum atomic E-state index is 0.00282. The van der Waals surface area contributed by atoms with Crippen molar-refractivity contribution in [2.75, 3.05) is 7.05 Å². The maximum Gasteiger partial charge on any atom is 0.0837 e. The number of hydrogen-bond donors (Lipinski definition) is 1. The summed E-state index contributed by atoms with van der Waals surface area (Å²) in [5.41, 5.74) is 4.15. The fourth-order valence-electron chi connectivity index (χ4n) is 2.35. The molecule has 0 aromatic carbocycles. The maximum atomic E-state index is 6.29. The van der Waals surface area contributed by atoms with Crippen molar-refractivity contribution in [1.29, 1.82) is 0 Å². The third kappa shape index (κ3) is 2.65. The molecule has 0 fully saturated rings. The number of halogens is 1. The first-order valence-electron chi connectivity index (χ1n) is 6.41. The van der Waals surface area contributed by atoms with E-state index >= 15 is 0 Å². The molecule has 0 bridgehead atoms. The van der Waals surface area contributed by atoms with Gasteiger partial charge in [0.05, 0.1) is 23.0 Å². The van der Waals surface area contributed by atoms with E-state index in [0.29, 0.717) is 5.02 Å². The van der Waals surface area contributed by atoms with Gasteiger partial charge in [0.25, 0.3) is 0 Å². The van der Waals surface area contributed by atoms with Crippen molar-refractivity contribution in [2.45, 2.75) is 33.4 Å². The lowest BCUT2D eigenvalue weighted by Gasteiger charge is -2.20. The molecule has 1 unspecified atom stereocenters. The topological polar surface area (TPSA) is 42.7 Å². The van der Waals surface area contributed by atoms with E-state index in [1.807, 2.05) is 31.6 Å². The second-order valence-corrected chi connectivity index (χ2v) is 4.95. The number of pyridine rings is 1. The quantitative estimate of drug-likeness (QED) is 0.935.